The Labute approximate surface area is 169 Å². The fraction of sp³-hybridized carbons (Fsp3) is 0.500. The Kier molecular flexibility index (Phi) is 5.17. The maximum atomic E-state index is 12.8. The number of amides is 1. The van der Waals surface area contributed by atoms with Crippen LogP contribution in [-0.2, 0) is 0 Å². The lowest BCUT2D eigenvalue weighted by Crippen LogP contribution is -2.42. The number of hydrogen-bond donors (Lipinski definition) is 1. The first-order chi connectivity index (χ1) is 13.8. The largest absolute Gasteiger partial charge is 0.486 e. The Balaban J connectivity index is 1.45. The molecule has 0 unspecified atom stereocenters. The summed E-state index contributed by atoms with van der Waals surface area (Å²) >= 11 is 0. The van der Waals surface area contributed by atoms with E-state index in [0.29, 0.717) is 37.4 Å². The minimum Gasteiger partial charge on any atom is -0.486 e. The Bertz CT molecular complexity index is 985. The Morgan fingerprint density at radius 1 is 1.17 bits per heavy atom. The third-order valence-corrected chi connectivity index (χ3v) is 5.93. The lowest BCUT2D eigenvalue weighted by atomic mass is 9.78. The summed E-state index contributed by atoms with van der Waals surface area (Å²) in [7, 11) is 0. The number of likely N-dealkylation sites (tertiary alicyclic amines) is 1. The zero-order chi connectivity index (χ0) is 20.7. The molecule has 1 N–H and O–H groups in total. The van der Waals surface area contributed by atoms with Crippen LogP contribution in [0.1, 0.15) is 40.5 Å². The maximum absolute atomic E-state index is 12.8. The van der Waals surface area contributed by atoms with Crippen molar-refractivity contribution in [2.45, 2.75) is 45.8 Å². The summed E-state index contributed by atoms with van der Waals surface area (Å²) in [5, 5.41) is 10.6. The first-order valence-electron chi connectivity index (χ1n) is 10.00. The summed E-state index contributed by atoms with van der Waals surface area (Å²) in [6.45, 7) is 6.60. The van der Waals surface area contributed by atoms with E-state index in [9.17, 15) is 14.7 Å². The molecule has 0 radical (unpaired) electrons. The van der Waals surface area contributed by atoms with Gasteiger partial charge in [0.1, 0.15) is 17.6 Å². The zero-order valence-electron chi connectivity index (χ0n) is 16.9. The van der Waals surface area contributed by atoms with Gasteiger partial charge in [-0.15, -0.1) is 0 Å². The standard InChI is InChI=1S/C22H26N2O5/c1-12-4-5-19(14(3)23-12)29-20-8-16-11-24(10-15(16)7-18(20)26)22(27)21-9-17(25)6-13(2)28-21/h4-6,9,15-16,18,20,26H,7-8,10-11H2,1-3H3/t15-,16+,18+,20+/m0/s1. The van der Waals surface area contributed by atoms with Gasteiger partial charge in [0.05, 0.1) is 11.8 Å². The van der Waals surface area contributed by atoms with Gasteiger partial charge >= 0.3 is 0 Å². The fourth-order valence-electron chi connectivity index (χ4n) is 4.51. The van der Waals surface area contributed by atoms with Crippen molar-refractivity contribution in [3.8, 4) is 5.75 Å². The molecule has 7 nitrogen and oxygen atoms in total. The average Bonchev–Trinajstić information content (AvgIpc) is 3.05. The molecule has 0 aromatic carbocycles. The van der Waals surface area contributed by atoms with Crippen molar-refractivity contribution in [1.29, 1.82) is 0 Å². The minimum absolute atomic E-state index is 0.0725. The van der Waals surface area contributed by atoms with Crippen molar-refractivity contribution in [3.63, 3.8) is 0 Å². The van der Waals surface area contributed by atoms with Gasteiger partial charge in [-0.1, -0.05) is 0 Å². The topological polar surface area (TPSA) is 92.9 Å². The van der Waals surface area contributed by atoms with E-state index in [-0.39, 0.29) is 35.0 Å². The predicted octanol–water partition coefficient (Wildman–Crippen LogP) is 2.25. The molecule has 1 saturated heterocycles. The molecule has 154 valence electrons. The number of aryl methyl sites for hydroxylation is 3. The van der Waals surface area contributed by atoms with Crippen molar-refractivity contribution < 1.29 is 19.1 Å². The van der Waals surface area contributed by atoms with E-state index in [2.05, 4.69) is 4.98 Å². The highest BCUT2D eigenvalue weighted by Gasteiger charge is 2.44. The van der Waals surface area contributed by atoms with Crippen LogP contribution >= 0.6 is 0 Å². The Morgan fingerprint density at radius 3 is 2.59 bits per heavy atom. The molecular formula is C22H26N2O5. The monoisotopic (exact) mass is 398 g/mol. The average molecular weight is 398 g/mol. The third kappa shape index (κ3) is 4.05. The fourth-order valence-corrected chi connectivity index (χ4v) is 4.51. The Hall–Kier alpha value is -2.67. The van der Waals surface area contributed by atoms with E-state index in [0.717, 1.165) is 11.4 Å². The quantitative estimate of drug-likeness (QED) is 0.853. The van der Waals surface area contributed by atoms with Gasteiger partial charge < -0.3 is 19.2 Å². The van der Waals surface area contributed by atoms with Crippen LogP contribution < -0.4 is 10.2 Å². The van der Waals surface area contributed by atoms with Gasteiger partial charge in [0.25, 0.3) is 5.91 Å². The number of carbonyl (C=O) groups excluding carboxylic acids is 1. The number of aliphatic hydroxyl groups excluding tert-OH is 1. The second-order valence-corrected chi connectivity index (χ2v) is 8.23. The highest BCUT2D eigenvalue weighted by Crippen LogP contribution is 2.38. The van der Waals surface area contributed by atoms with E-state index in [1.165, 1.54) is 12.1 Å². The molecule has 4 atom stereocenters. The summed E-state index contributed by atoms with van der Waals surface area (Å²) in [6, 6.07) is 6.39. The molecule has 1 amide bonds. The van der Waals surface area contributed by atoms with Gasteiger partial charge in [-0.05, 0) is 57.6 Å². The van der Waals surface area contributed by atoms with Crippen LogP contribution in [0, 0.1) is 32.6 Å². The third-order valence-electron chi connectivity index (χ3n) is 5.93. The molecule has 0 bridgehead atoms. The van der Waals surface area contributed by atoms with Crippen molar-refractivity contribution in [1.82, 2.24) is 9.88 Å². The number of nitrogens with zero attached hydrogens (tertiary/aromatic N) is 2. The van der Waals surface area contributed by atoms with Gasteiger partial charge in [0, 0.05) is 30.9 Å². The normalized spacial score (nSPS) is 26.3. The number of aromatic nitrogens is 1. The first-order valence-corrected chi connectivity index (χ1v) is 10.00. The highest BCUT2D eigenvalue weighted by molar-refractivity contribution is 5.91. The van der Waals surface area contributed by atoms with Gasteiger partial charge in [-0.3, -0.25) is 14.6 Å². The van der Waals surface area contributed by atoms with Gasteiger partial charge in [-0.2, -0.15) is 0 Å². The lowest BCUT2D eigenvalue weighted by Gasteiger charge is -2.35. The number of fused-ring (bicyclic) bond motifs is 1. The number of ether oxygens (including phenoxy) is 1. The van der Waals surface area contributed by atoms with Gasteiger partial charge in [0.2, 0.25) is 0 Å². The zero-order valence-corrected chi connectivity index (χ0v) is 16.9. The molecule has 3 heterocycles. The molecule has 2 aliphatic rings. The molecule has 29 heavy (non-hydrogen) atoms. The molecule has 1 saturated carbocycles. The van der Waals surface area contributed by atoms with Crippen LogP contribution in [0.2, 0.25) is 0 Å². The predicted molar refractivity (Wildman–Crippen MR) is 106 cm³/mol. The lowest BCUT2D eigenvalue weighted by molar-refractivity contribution is -0.0236. The molecule has 2 aromatic heterocycles. The van der Waals surface area contributed by atoms with Crippen LogP contribution in [0.15, 0.2) is 33.5 Å². The molecule has 0 spiro atoms. The number of carbonyl (C=O) groups is 1. The van der Waals surface area contributed by atoms with Crippen molar-refractivity contribution in [3.05, 3.63) is 57.4 Å². The van der Waals surface area contributed by atoms with Crippen molar-refractivity contribution in [2.75, 3.05) is 13.1 Å². The van der Waals surface area contributed by atoms with Gasteiger partial charge in [0.15, 0.2) is 11.2 Å². The highest BCUT2D eigenvalue weighted by atomic mass is 16.5. The number of aliphatic hydroxyl groups is 1. The summed E-state index contributed by atoms with van der Waals surface area (Å²) in [4.78, 5) is 30.7. The van der Waals surface area contributed by atoms with Crippen molar-refractivity contribution in [2.24, 2.45) is 11.8 Å². The SMILES string of the molecule is Cc1ccc(O[C@@H]2C[C@@H]3CN(C(=O)c4cc(=O)cc(C)o4)C[C@@H]3C[C@H]2O)c(C)n1. The number of hydrogen-bond acceptors (Lipinski definition) is 6. The summed E-state index contributed by atoms with van der Waals surface area (Å²) in [5.41, 5.74) is 1.49. The van der Waals surface area contributed by atoms with E-state index in [4.69, 9.17) is 9.15 Å². The molecule has 2 fully saturated rings. The smallest absolute Gasteiger partial charge is 0.289 e. The van der Waals surface area contributed by atoms with Crippen LogP contribution in [-0.4, -0.2) is 46.2 Å². The molecule has 4 rings (SSSR count). The molecule has 7 heteroatoms. The van der Waals surface area contributed by atoms with Crippen molar-refractivity contribution >= 4 is 5.91 Å². The van der Waals surface area contributed by atoms with Crippen LogP contribution in [0.25, 0.3) is 0 Å². The van der Waals surface area contributed by atoms with E-state index in [1.54, 1.807) is 11.8 Å². The second-order valence-electron chi connectivity index (χ2n) is 8.23. The van der Waals surface area contributed by atoms with Crippen LogP contribution in [0.3, 0.4) is 0 Å². The van der Waals surface area contributed by atoms with Crippen LogP contribution in [0.5, 0.6) is 5.75 Å². The first kappa shape index (κ1) is 19.6. The van der Waals surface area contributed by atoms with Crippen LogP contribution in [0.4, 0.5) is 0 Å². The minimum atomic E-state index is -0.594. The Morgan fingerprint density at radius 2 is 1.90 bits per heavy atom. The maximum Gasteiger partial charge on any atom is 0.289 e. The molecule has 1 aliphatic carbocycles. The molecule has 2 aromatic rings. The second kappa shape index (κ2) is 7.63. The van der Waals surface area contributed by atoms with E-state index >= 15 is 0 Å². The molecule has 1 aliphatic heterocycles. The summed E-state index contributed by atoms with van der Waals surface area (Å²) in [6.07, 6.45) is 0.325. The summed E-state index contributed by atoms with van der Waals surface area (Å²) < 4.78 is 11.6. The molecular weight excluding hydrogens is 372 g/mol. The number of pyridine rings is 1. The number of rotatable bonds is 3. The van der Waals surface area contributed by atoms with Gasteiger partial charge in [-0.25, -0.2) is 0 Å². The summed E-state index contributed by atoms with van der Waals surface area (Å²) in [5.74, 6) is 1.35. The van der Waals surface area contributed by atoms with E-state index in [1.807, 2.05) is 26.0 Å². The van der Waals surface area contributed by atoms with E-state index < -0.39 is 6.10 Å².